The third-order valence-electron chi connectivity index (χ3n) is 5.14. The van der Waals surface area contributed by atoms with Crippen LogP contribution in [0.15, 0.2) is 0 Å². The van der Waals surface area contributed by atoms with Crippen molar-refractivity contribution in [1.82, 2.24) is 10.2 Å². The summed E-state index contributed by atoms with van der Waals surface area (Å²) in [6.45, 7) is 7.87. The van der Waals surface area contributed by atoms with Crippen LogP contribution in [0.1, 0.15) is 39.5 Å². The maximum atomic E-state index is 12.4. The summed E-state index contributed by atoms with van der Waals surface area (Å²) in [6, 6.07) is 0.218. The number of hydrogen-bond donors (Lipinski definition) is 1. The van der Waals surface area contributed by atoms with Gasteiger partial charge in [-0.2, -0.15) is 11.8 Å². The van der Waals surface area contributed by atoms with E-state index in [0.717, 1.165) is 32.1 Å². The third-order valence-corrected chi connectivity index (χ3v) is 5.97. The maximum absolute atomic E-state index is 12.4. The largest absolute Gasteiger partial charge is 0.379 e. The fraction of sp³-hybridized carbons (Fsp3) is 0.938. The highest BCUT2D eigenvalue weighted by atomic mass is 32.2. The van der Waals surface area contributed by atoms with Gasteiger partial charge in [0.15, 0.2) is 0 Å². The Morgan fingerprint density at radius 3 is 2.48 bits per heavy atom. The Bertz CT molecular complexity index is 339. The molecule has 0 aromatic carbocycles. The molecule has 0 aromatic rings. The second-order valence-electron chi connectivity index (χ2n) is 6.50. The molecule has 2 unspecified atom stereocenters. The van der Waals surface area contributed by atoms with Gasteiger partial charge in [-0.3, -0.25) is 9.69 Å². The van der Waals surface area contributed by atoms with Crippen molar-refractivity contribution in [1.29, 1.82) is 0 Å². The number of amides is 1. The van der Waals surface area contributed by atoms with Crippen molar-refractivity contribution in [2.75, 3.05) is 38.3 Å². The van der Waals surface area contributed by atoms with Crippen molar-refractivity contribution in [2.24, 2.45) is 5.92 Å². The minimum Gasteiger partial charge on any atom is -0.379 e. The summed E-state index contributed by atoms with van der Waals surface area (Å²) in [5.74, 6) is 1.19. The quantitative estimate of drug-likeness (QED) is 0.815. The van der Waals surface area contributed by atoms with Gasteiger partial charge in [0.05, 0.1) is 13.2 Å². The highest BCUT2D eigenvalue weighted by molar-refractivity contribution is 7.98. The number of ether oxygens (including phenoxy) is 1. The molecule has 2 atom stereocenters. The van der Waals surface area contributed by atoms with Gasteiger partial charge in [0, 0.05) is 36.3 Å². The van der Waals surface area contributed by atoms with Crippen LogP contribution in [0.3, 0.4) is 0 Å². The van der Waals surface area contributed by atoms with Crippen molar-refractivity contribution in [2.45, 2.75) is 51.1 Å². The predicted molar refractivity (Wildman–Crippen MR) is 88.7 cm³/mol. The molecule has 0 radical (unpaired) electrons. The van der Waals surface area contributed by atoms with E-state index in [9.17, 15) is 4.79 Å². The zero-order chi connectivity index (χ0) is 15.3. The summed E-state index contributed by atoms with van der Waals surface area (Å²) in [6.07, 6.45) is 7.01. The molecule has 2 aliphatic rings. The average molecular weight is 314 g/mol. The Morgan fingerprint density at radius 2 is 1.90 bits per heavy atom. The van der Waals surface area contributed by atoms with E-state index in [-0.39, 0.29) is 23.4 Å². The van der Waals surface area contributed by atoms with Crippen molar-refractivity contribution in [3.8, 4) is 0 Å². The lowest BCUT2D eigenvalue weighted by atomic mass is 9.86. The van der Waals surface area contributed by atoms with E-state index in [1.165, 1.54) is 25.7 Å². The van der Waals surface area contributed by atoms with Crippen LogP contribution in [-0.2, 0) is 9.53 Å². The summed E-state index contributed by atoms with van der Waals surface area (Å²) in [4.78, 5) is 14.9. The van der Waals surface area contributed by atoms with E-state index >= 15 is 0 Å². The van der Waals surface area contributed by atoms with Crippen LogP contribution in [0.2, 0.25) is 0 Å². The Morgan fingerprint density at radius 1 is 1.29 bits per heavy atom. The summed E-state index contributed by atoms with van der Waals surface area (Å²) < 4.78 is 5.50. The van der Waals surface area contributed by atoms with Gasteiger partial charge in [0.25, 0.3) is 0 Å². The van der Waals surface area contributed by atoms with E-state index in [0.29, 0.717) is 0 Å². The molecule has 5 heteroatoms. The summed E-state index contributed by atoms with van der Waals surface area (Å²) in [5, 5.41) is 3.31. The second kappa shape index (κ2) is 7.84. The molecular formula is C16H30N2O2S. The van der Waals surface area contributed by atoms with E-state index in [4.69, 9.17) is 4.74 Å². The first-order valence-electron chi connectivity index (χ1n) is 8.22. The number of carbonyl (C=O) groups is 1. The lowest BCUT2D eigenvalue weighted by Crippen LogP contribution is -2.62. The smallest absolute Gasteiger partial charge is 0.223 e. The van der Waals surface area contributed by atoms with E-state index < -0.39 is 0 Å². The van der Waals surface area contributed by atoms with Gasteiger partial charge in [-0.1, -0.05) is 19.8 Å². The number of hydrogen-bond acceptors (Lipinski definition) is 4. The molecule has 122 valence electrons. The first-order valence-corrected chi connectivity index (χ1v) is 9.61. The predicted octanol–water partition coefficient (Wildman–Crippen LogP) is 2.14. The maximum Gasteiger partial charge on any atom is 0.223 e. The first-order chi connectivity index (χ1) is 10.1. The number of carbonyl (C=O) groups excluding carboxylic acids is 1. The second-order valence-corrected chi connectivity index (χ2v) is 7.41. The van der Waals surface area contributed by atoms with Crippen molar-refractivity contribution in [3.63, 3.8) is 0 Å². The summed E-state index contributed by atoms with van der Waals surface area (Å²) in [5.41, 5.74) is 0.151. The molecule has 1 aliphatic carbocycles. The molecule has 1 saturated carbocycles. The van der Waals surface area contributed by atoms with Crippen molar-refractivity contribution in [3.05, 3.63) is 0 Å². The number of thioether (sulfide) groups is 1. The Hall–Kier alpha value is -0.260. The molecule has 2 rings (SSSR count). The van der Waals surface area contributed by atoms with Gasteiger partial charge in [-0.25, -0.2) is 0 Å². The number of nitrogens with one attached hydrogen (secondary N) is 1. The lowest BCUT2D eigenvalue weighted by Gasteiger charge is -2.47. The van der Waals surface area contributed by atoms with Crippen LogP contribution in [0.4, 0.5) is 0 Å². The van der Waals surface area contributed by atoms with Crippen LogP contribution in [0, 0.1) is 5.92 Å². The number of nitrogens with zero attached hydrogens (tertiary/aromatic N) is 1. The zero-order valence-electron chi connectivity index (χ0n) is 13.7. The molecular weight excluding hydrogens is 284 g/mol. The SMILES string of the molecule is CSCC(C)C(=O)NC(C)C1(N2CCOCC2)CCCC1. The standard InChI is InChI=1S/C16H30N2O2S/c1-13(12-21-3)15(19)17-14(2)16(6-4-5-7-16)18-8-10-20-11-9-18/h13-14H,4-12H2,1-3H3,(H,17,19). The lowest BCUT2D eigenvalue weighted by molar-refractivity contribution is -0.126. The van der Waals surface area contributed by atoms with Crippen molar-refractivity contribution < 1.29 is 9.53 Å². The molecule has 0 bridgehead atoms. The Balaban J connectivity index is 2.01. The number of morpholine rings is 1. The summed E-state index contributed by atoms with van der Waals surface area (Å²) >= 11 is 1.74. The van der Waals surface area contributed by atoms with Crippen LogP contribution in [0.5, 0.6) is 0 Å². The molecule has 1 aliphatic heterocycles. The highest BCUT2D eigenvalue weighted by Crippen LogP contribution is 2.38. The molecule has 0 spiro atoms. The van der Waals surface area contributed by atoms with Crippen LogP contribution >= 0.6 is 11.8 Å². The average Bonchev–Trinajstić information content (AvgIpc) is 2.99. The molecule has 1 heterocycles. The molecule has 1 N–H and O–H groups in total. The van der Waals surface area contributed by atoms with Gasteiger partial charge in [-0.15, -0.1) is 0 Å². The van der Waals surface area contributed by atoms with Gasteiger partial charge >= 0.3 is 0 Å². The van der Waals surface area contributed by atoms with Gasteiger partial charge < -0.3 is 10.1 Å². The van der Waals surface area contributed by atoms with Gasteiger partial charge in [-0.05, 0) is 26.0 Å². The van der Waals surface area contributed by atoms with Gasteiger partial charge in [0.2, 0.25) is 5.91 Å². The van der Waals surface area contributed by atoms with Crippen LogP contribution < -0.4 is 5.32 Å². The number of rotatable bonds is 6. The molecule has 0 aromatic heterocycles. The topological polar surface area (TPSA) is 41.6 Å². The monoisotopic (exact) mass is 314 g/mol. The molecule has 21 heavy (non-hydrogen) atoms. The van der Waals surface area contributed by atoms with E-state index in [2.05, 4.69) is 23.4 Å². The third kappa shape index (κ3) is 3.93. The minimum absolute atomic E-state index is 0.0885. The molecule has 1 saturated heterocycles. The normalized spacial score (nSPS) is 25.5. The fourth-order valence-corrected chi connectivity index (χ4v) is 4.49. The van der Waals surface area contributed by atoms with Gasteiger partial charge in [0.1, 0.15) is 0 Å². The van der Waals surface area contributed by atoms with Crippen LogP contribution in [-0.4, -0.2) is 60.7 Å². The minimum atomic E-state index is 0.0885. The first kappa shape index (κ1) is 17.1. The highest BCUT2D eigenvalue weighted by Gasteiger charge is 2.45. The molecule has 2 fully saturated rings. The summed E-state index contributed by atoms with van der Waals surface area (Å²) in [7, 11) is 0. The fourth-order valence-electron chi connectivity index (χ4n) is 3.83. The molecule has 4 nitrogen and oxygen atoms in total. The zero-order valence-corrected chi connectivity index (χ0v) is 14.5. The van der Waals surface area contributed by atoms with Crippen LogP contribution in [0.25, 0.3) is 0 Å². The van der Waals surface area contributed by atoms with E-state index in [1.54, 1.807) is 11.8 Å². The van der Waals surface area contributed by atoms with Crippen molar-refractivity contribution >= 4 is 17.7 Å². The van der Waals surface area contributed by atoms with E-state index in [1.807, 2.05) is 6.92 Å². The Labute approximate surface area is 133 Å². The Kier molecular flexibility index (Phi) is 6.38. The molecule has 1 amide bonds.